The van der Waals surface area contributed by atoms with Crippen LogP contribution in [0.15, 0.2) is 30.5 Å². The van der Waals surface area contributed by atoms with Crippen molar-refractivity contribution in [3.63, 3.8) is 0 Å². The van der Waals surface area contributed by atoms with Gasteiger partial charge in [0.15, 0.2) is 0 Å². The van der Waals surface area contributed by atoms with Gasteiger partial charge in [-0.2, -0.15) is 0 Å². The largest absolute Gasteiger partial charge is 0.480 e. The van der Waals surface area contributed by atoms with Crippen LogP contribution in [0.1, 0.15) is 23.2 Å². The third-order valence-corrected chi connectivity index (χ3v) is 3.28. The maximum absolute atomic E-state index is 12.3. The molecule has 1 unspecified atom stereocenters. The van der Waals surface area contributed by atoms with E-state index in [-0.39, 0.29) is 0 Å². The predicted octanol–water partition coefficient (Wildman–Crippen LogP) is 1.78. The van der Waals surface area contributed by atoms with Gasteiger partial charge in [-0.25, -0.2) is 4.79 Å². The molecule has 3 N–H and O–H groups in total. The first-order valence-corrected chi connectivity index (χ1v) is 6.72. The normalized spacial score (nSPS) is 12.2. The number of aliphatic carboxylic acids is 1. The van der Waals surface area contributed by atoms with Gasteiger partial charge in [0.25, 0.3) is 5.91 Å². The van der Waals surface area contributed by atoms with Gasteiger partial charge < -0.3 is 20.1 Å². The molecule has 0 fully saturated rings. The van der Waals surface area contributed by atoms with E-state index in [4.69, 9.17) is 4.74 Å². The number of amides is 1. The summed E-state index contributed by atoms with van der Waals surface area (Å²) in [6, 6.07) is 6.27. The SMILES string of the molecule is COCCCC(NC(=O)c1cccc2cc[nH]c12)C(=O)O. The molecule has 2 aromatic rings. The fourth-order valence-corrected chi connectivity index (χ4v) is 2.20. The molecular formula is C15H18N2O4. The summed E-state index contributed by atoms with van der Waals surface area (Å²) in [6.45, 7) is 0.464. The number of aromatic nitrogens is 1. The van der Waals surface area contributed by atoms with Crippen molar-refractivity contribution in [3.8, 4) is 0 Å². The molecular weight excluding hydrogens is 272 g/mol. The van der Waals surface area contributed by atoms with Crippen LogP contribution in [0.3, 0.4) is 0 Å². The predicted molar refractivity (Wildman–Crippen MR) is 78.3 cm³/mol. The van der Waals surface area contributed by atoms with Crippen molar-refractivity contribution in [1.82, 2.24) is 10.3 Å². The minimum absolute atomic E-state index is 0.329. The van der Waals surface area contributed by atoms with Gasteiger partial charge in [-0.3, -0.25) is 4.79 Å². The van der Waals surface area contributed by atoms with E-state index in [1.165, 1.54) is 0 Å². The van der Waals surface area contributed by atoms with Crippen LogP contribution in [0.5, 0.6) is 0 Å². The lowest BCUT2D eigenvalue weighted by Crippen LogP contribution is -2.41. The molecule has 0 aliphatic heterocycles. The number of carboxylic acid groups (broad SMARTS) is 1. The second-order valence-corrected chi connectivity index (χ2v) is 4.75. The number of benzene rings is 1. The second-order valence-electron chi connectivity index (χ2n) is 4.75. The number of carbonyl (C=O) groups is 2. The zero-order valence-corrected chi connectivity index (χ0v) is 11.8. The smallest absolute Gasteiger partial charge is 0.326 e. The fraction of sp³-hybridized carbons (Fsp3) is 0.333. The Morgan fingerprint density at radius 1 is 1.38 bits per heavy atom. The number of H-pyrrole nitrogens is 1. The van der Waals surface area contributed by atoms with Crippen molar-refractivity contribution in [3.05, 3.63) is 36.0 Å². The zero-order chi connectivity index (χ0) is 15.2. The fourth-order valence-electron chi connectivity index (χ4n) is 2.20. The maximum atomic E-state index is 12.3. The molecule has 0 saturated carbocycles. The van der Waals surface area contributed by atoms with Gasteiger partial charge in [0.1, 0.15) is 6.04 Å². The highest BCUT2D eigenvalue weighted by molar-refractivity contribution is 6.06. The van der Waals surface area contributed by atoms with Crippen molar-refractivity contribution in [2.45, 2.75) is 18.9 Å². The quantitative estimate of drug-likeness (QED) is 0.678. The Hall–Kier alpha value is -2.34. The maximum Gasteiger partial charge on any atom is 0.326 e. The van der Waals surface area contributed by atoms with E-state index in [1.54, 1.807) is 25.4 Å². The van der Waals surface area contributed by atoms with Crippen molar-refractivity contribution < 1.29 is 19.4 Å². The number of fused-ring (bicyclic) bond motifs is 1. The summed E-state index contributed by atoms with van der Waals surface area (Å²) < 4.78 is 4.90. The lowest BCUT2D eigenvalue weighted by atomic mass is 10.1. The van der Waals surface area contributed by atoms with Crippen LogP contribution in [-0.4, -0.2) is 41.7 Å². The number of para-hydroxylation sites is 1. The first kappa shape index (κ1) is 15.1. The number of hydrogen-bond acceptors (Lipinski definition) is 3. The van der Waals surface area contributed by atoms with Gasteiger partial charge in [-0.1, -0.05) is 12.1 Å². The highest BCUT2D eigenvalue weighted by Crippen LogP contribution is 2.17. The number of carboxylic acids is 1. The summed E-state index contributed by atoms with van der Waals surface area (Å²) in [7, 11) is 1.56. The molecule has 21 heavy (non-hydrogen) atoms. The monoisotopic (exact) mass is 290 g/mol. The van der Waals surface area contributed by atoms with E-state index in [1.807, 2.05) is 12.1 Å². The molecule has 112 valence electrons. The minimum Gasteiger partial charge on any atom is -0.480 e. The van der Waals surface area contributed by atoms with E-state index in [9.17, 15) is 14.7 Å². The molecule has 1 aromatic heterocycles. The first-order chi connectivity index (χ1) is 10.1. The highest BCUT2D eigenvalue weighted by atomic mass is 16.5. The Kier molecular flexibility index (Phi) is 4.94. The van der Waals surface area contributed by atoms with Crippen LogP contribution < -0.4 is 5.32 Å². The van der Waals surface area contributed by atoms with Gasteiger partial charge in [-0.05, 0) is 25.0 Å². The van der Waals surface area contributed by atoms with Gasteiger partial charge in [-0.15, -0.1) is 0 Å². The zero-order valence-electron chi connectivity index (χ0n) is 11.8. The number of methoxy groups -OCH3 is 1. The Labute approximate surface area is 122 Å². The number of rotatable bonds is 7. The number of carbonyl (C=O) groups excluding carboxylic acids is 1. The van der Waals surface area contributed by atoms with Crippen LogP contribution in [0.4, 0.5) is 0 Å². The number of ether oxygens (including phenoxy) is 1. The second kappa shape index (κ2) is 6.90. The van der Waals surface area contributed by atoms with Crippen molar-refractivity contribution >= 4 is 22.8 Å². The first-order valence-electron chi connectivity index (χ1n) is 6.72. The van der Waals surface area contributed by atoms with Gasteiger partial charge in [0.2, 0.25) is 0 Å². The van der Waals surface area contributed by atoms with Crippen LogP contribution in [0, 0.1) is 0 Å². The Bertz CT molecular complexity index is 635. The number of hydrogen-bond donors (Lipinski definition) is 3. The molecule has 1 aromatic carbocycles. The van der Waals surface area contributed by atoms with Crippen LogP contribution in [0.25, 0.3) is 10.9 Å². The van der Waals surface area contributed by atoms with E-state index in [0.717, 1.165) is 5.39 Å². The topological polar surface area (TPSA) is 91.4 Å². The molecule has 6 heteroatoms. The molecule has 6 nitrogen and oxygen atoms in total. The molecule has 0 aliphatic rings. The number of nitrogens with one attached hydrogen (secondary N) is 2. The standard InChI is InChI=1S/C15H18N2O4/c1-21-9-3-6-12(15(19)20)17-14(18)11-5-2-4-10-7-8-16-13(10)11/h2,4-5,7-8,12,16H,3,6,9H2,1H3,(H,17,18)(H,19,20). The van der Waals surface area contributed by atoms with E-state index in [0.29, 0.717) is 30.5 Å². The molecule has 1 heterocycles. The van der Waals surface area contributed by atoms with Crippen molar-refractivity contribution in [2.75, 3.05) is 13.7 Å². The summed E-state index contributed by atoms with van der Waals surface area (Å²) in [5.74, 6) is -1.44. The van der Waals surface area contributed by atoms with Gasteiger partial charge >= 0.3 is 5.97 Å². The van der Waals surface area contributed by atoms with Crippen LogP contribution in [0.2, 0.25) is 0 Å². The highest BCUT2D eigenvalue weighted by Gasteiger charge is 2.21. The minimum atomic E-state index is -1.04. The van der Waals surface area contributed by atoms with Crippen molar-refractivity contribution in [1.29, 1.82) is 0 Å². The summed E-state index contributed by atoms with van der Waals surface area (Å²) >= 11 is 0. The Balaban J connectivity index is 2.11. The third kappa shape index (κ3) is 3.61. The Morgan fingerprint density at radius 2 is 2.19 bits per heavy atom. The van der Waals surface area contributed by atoms with Gasteiger partial charge in [0.05, 0.1) is 11.1 Å². The van der Waals surface area contributed by atoms with Crippen molar-refractivity contribution in [2.24, 2.45) is 0 Å². The number of aromatic amines is 1. The van der Waals surface area contributed by atoms with E-state index >= 15 is 0 Å². The molecule has 1 atom stereocenters. The van der Waals surface area contributed by atoms with E-state index < -0.39 is 17.9 Å². The Morgan fingerprint density at radius 3 is 2.90 bits per heavy atom. The molecule has 0 saturated heterocycles. The van der Waals surface area contributed by atoms with E-state index in [2.05, 4.69) is 10.3 Å². The van der Waals surface area contributed by atoms with Crippen LogP contribution in [-0.2, 0) is 9.53 Å². The van der Waals surface area contributed by atoms with Crippen LogP contribution >= 0.6 is 0 Å². The lowest BCUT2D eigenvalue weighted by molar-refractivity contribution is -0.139. The summed E-state index contributed by atoms with van der Waals surface area (Å²) in [5.41, 5.74) is 1.14. The average molecular weight is 290 g/mol. The molecule has 0 aliphatic carbocycles. The summed E-state index contributed by atoms with van der Waals surface area (Å²) in [4.78, 5) is 26.5. The summed E-state index contributed by atoms with van der Waals surface area (Å²) in [6.07, 6.45) is 2.64. The molecule has 0 spiro atoms. The summed E-state index contributed by atoms with van der Waals surface area (Å²) in [5, 5.41) is 12.6. The van der Waals surface area contributed by atoms with Gasteiger partial charge in [0, 0.05) is 25.3 Å². The molecule has 0 radical (unpaired) electrons. The molecule has 2 rings (SSSR count). The lowest BCUT2D eigenvalue weighted by Gasteiger charge is -2.14. The average Bonchev–Trinajstić information content (AvgIpc) is 2.94. The third-order valence-electron chi connectivity index (χ3n) is 3.28. The molecule has 1 amide bonds. The molecule has 0 bridgehead atoms.